The van der Waals surface area contributed by atoms with Crippen LogP contribution >= 0.6 is 0 Å². The predicted octanol–water partition coefficient (Wildman–Crippen LogP) is 4.53. The van der Waals surface area contributed by atoms with Crippen molar-refractivity contribution in [2.45, 2.75) is 19.4 Å². The number of rotatable bonds is 7. The third-order valence-corrected chi connectivity index (χ3v) is 4.28. The average Bonchev–Trinajstić information content (AvgIpc) is 2.70. The van der Waals surface area contributed by atoms with Gasteiger partial charge in [0, 0.05) is 5.69 Å². The Kier molecular flexibility index (Phi) is 6.47. The molecule has 0 saturated carbocycles. The van der Waals surface area contributed by atoms with Crippen LogP contribution in [0.15, 0.2) is 78.9 Å². The zero-order valence-corrected chi connectivity index (χ0v) is 16.1. The highest BCUT2D eigenvalue weighted by Gasteiger charge is 2.18. The van der Waals surface area contributed by atoms with Crippen molar-refractivity contribution in [3.05, 3.63) is 90.0 Å². The minimum absolute atomic E-state index is 0.0333. The Morgan fingerprint density at radius 3 is 2.31 bits per heavy atom. The number of primary amides is 1. The van der Waals surface area contributed by atoms with E-state index in [0.29, 0.717) is 17.2 Å². The summed E-state index contributed by atoms with van der Waals surface area (Å²) < 4.78 is 5.84. The smallest absolute Gasteiger partial charge is 0.312 e. The first kappa shape index (κ1) is 19.9. The summed E-state index contributed by atoms with van der Waals surface area (Å²) in [5, 5.41) is 5.47. The highest BCUT2D eigenvalue weighted by Crippen LogP contribution is 2.26. The lowest BCUT2D eigenvalue weighted by atomic mass is 10.0. The van der Waals surface area contributed by atoms with Gasteiger partial charge in [-0.1, -0.05) is 48.0 Å². The summed E-state index contributed by atoms with van der Waals surface area (Å²) in [5.74, 6) is 1.06. The van der Waals surface area contributed by atoms with Gasteiger partial charge in [0.1, 0.15) is 11.5 Å². The number of para-hydroxylation sites is 1. The van der Waals surface area contributed by atoms with Gasteiger partial charge < -0.3 is 21.1 Å². The molecule has 0 unspecified atom stereocenters. The minimum atomic E-state index is -0.701. The van der Waals surface area contributed by atoms with Gasteiger partial charge in [0.15, 0.2) is 0 Å². The fourth-order valence-electron chi connectivity index (χ4n) is 2.88. The first-order valence-corrected chi connectivity index (χ1v) is 9.25. The number of urea groups is 1. The molecule has 0 aromatic heterocycles. The molecule has 6 heteroatoms. The SMILES string of the molecule is Cc1ccc(NC(=O)C[C@@H](NC(N)=O)c2cccc(Oc3ccccc3)c2)cc1. The monoisotopic (exact) mass is 389 g/mol. The third kappa shape index (κ3) is 6.10. The van der Waals surface area contributed by atoms with Crippen LogP contribution < -0.4 is 21.1 Å². The van der Waals surface area contributed by atoms with Gasteiger partial charge in [-0.2, -0.15) is 0 Å². The lowest BCUT2D eigenvalue weighted by Crippen LogP contribution is -2.35. The molecule has 0 aliphatic rings. The average molecular weight is 389 g/mol. The van der Waals surface area contributed by atoms with E-state index in [1.165, 1.54) is 0 Å². The first-order valence-electron chi connectivity index (χ1n) is 9.25. The van der Waals surface area contributed by atoms with E-state index >= 15 is 0 Å². The molecule has 148 valence electrons. The number of carbonyl (C=O) groups is 2. The molecule has 0 fully saturated rings. The molecule has 0 bridgehead atoms. The zero-order valence-electron chi connectivity index (χ0n) is 16.1. The molecule has 0 heterocycles. The largest absolute Gasteiger partial charge is 0.457 e. The van der Waals surface area contributed by atoms with Gasteiger partial charge in [0.2, 0.25) is 5.91 Å². The molecule has 0 spiro atoms. The maximum Gasteiger partial charge on any atom is 0.312 e. The quantitative estimate of drug-likeness (QED) is 0.554. The zero-order chi connectivity index (χ0) is 20.6. The normalized spacial score (nSPS) is 11.3. The number of anilines is 1. The molecular weight excluding hydrogens is 366 g/mol. The molecule has 0 saturated heterocycles. The summed E-state index contributed by atoms with van der Waals surface area (Å²) in [7, 11) is 0. The summed E-state index contributed by atoms with van der Waals surface area (Å²) >= 11 is 0. The molecule has 3 aromatic rings. The van der Waals surface area contributed by atoms with Crippen LogP contribution in [0.2, 0.25) is 0 Å². The van der Waals surface area contributed by atoms with Gasteiger partial charge in [-0.05, 0) is 48.9 Å². The molecule has 0 aliphatic carbocycles. The topological polar surface area (TPSA) is 93.5 Å². The van der Waals surface area contributed by atoms with Crippen molar-refractivity contribution in [1.29, 1.82) is 0 Å². The Morgan fingerprint density at radius 2 is 1.62 bits per heavy atom. The molecule has 1 atom stereocenters. The highest BCUT2D eigenvalue weighted by atomic mass is 16.5. The second kappa shape index (κ2) is 9.41. The number of aryl methyl sites for hydroxylation is 1. The standard InChI is InChI=1S/C23H23N3O3/c1-16-10-12-18(13-11-16)25-22(27)15-21(26-23(24)28)17-6-5-9-20(14-17)29-19-7-3-2-4-8-19/h2-14,21H,15H2,1H3,(H,25,27)(H3,24,26,28)/t21-/m1/s1. The molecule has 3 rings (SSSR count). The second-order valence-electron chi connectivity index (χ2n) is 6.67. The fourth-order valence-corrected chi connectivity index (χ4v) is 2.88. The second-order valence-corrected chi connectivity index (χ2v) is 6.67. The number of nitrogens with one attached hydrogen (secondary N) is 2. The molecular formula is C23H23N3O3. The van der Waals surface area contributed by atoms with Crippen molar-refractivity contribution in [3.8, 4) is 11.5 Å². The van der Waals surface area contributed by atoms with Gasteiger partial charge in [-0.15, -0.1) is 0 Å². The molecule has 0 aliphatic heterocycles. The van der Waals surface area contributed by atoms with E-state index < -0.39 is 12.1 Å². The Bertz CT molecular complexity index is 972. The van der Waals surface area contributed by atoms with Crippen molar-refractivity contribution >= 4 is 17.6 Å². The van der Waals surface area contributed by atoms with Crippen LogP contribution in [-0.4, -0.2) is 11.9 Å². The number of benzene rings is 3. The highest BCUT2D eigenvalue weighted by molar-refractivity contribution is 5.91. The molecule has 3 aromatic carbocycles. The molecule has 29 heavy (non-hydrogen) atoms. The van der Waals surface area contributed by atoms with E-state index in [1.54, 1.807) is 12.1 Å². The van der Waals surface area contributed by atoms with Crippen LogP contribution in [0, 0.1) is 6.92 Å². The fraction of sp³-hybridized carbons (Fsp3) is 0.130. The van der Waals surface area contributed by atoms with Crippen LogP contribution in [0.1, 0.15) is 23.6 Å². The molecule has 3 amide bonds. The van der Waals surface area contributed by atoms with E-state index in [-0.39, 0.29) is 12.3 Å². The predicted molar refractivity (Wildman–Crippen MR) is 113 cm³/mol. The van der Waals surface area contributed by atoms with E-state index in [0.717, 1.165) is 11.1 Å². The maximum absolute atomic E-state index is 12.5. The number of hydrogen-bond donors (Lipinski definition) is 3. The van der Waals surface area contributed by atoms with Crippen molar-refractivity contribution in [2.75, 3.05) is 5.32 Å². The summed E-state index contributed by atoms with van der Waals surface area (Å²) in [6, 6.07) is 22.8. The lowest BCUT2D eigenvalue weighted by molar-refractivity contribution is -0.116. The van der Waals surface area contributed by atoms with Gasteiger partial charge >= 0.3 is 6.03 Å². The number of nitrogens with two attached hydrogens (primary N) is 1. The van der Waals surface area contributed by atoms with Gasteiger partial charge in [0.25, 0.3) is 0 Å². The van der Waals surface area contributed by atoms with Gasteiger partial charge in [0.05, 0.1) is 12.5 Å². The van der Waals surface area contributed by atoms with Crippen LogP contribution in [0.5, 0.6) is 11.5 Å². The van der Waals surface area contributed by atoms with Crippen molar-refractivity contribution < 1.29 is 14.3 Å². The molecule has 0 radical (unpaired) electrons. The number of amides is 3. The summed E-state index contributed by atoms with van der Waals surface area (Å²) in [6.45, 7) is 1.98. The van der Waals surface area contributed by atoms with Crippen molar-refractivity contribution in [1.82, 2.24) is 5.32 Å². The summed E-state index contributed by atoms with van der Waals surface area (Å²) in [6.07, 6.45) is 0.0333. The Labute approximate surface area is 169 Å². The van der Waals surface area contributed by atoms with Crippen LogP contribution in [0.3, 0.4) is 0 Å². The van der Waals surface area contributed by atoms with Crippen molar-refractivity contribution in [3.63, 3.8) is 0 Å². The third-order valence-electron chi connectivity index (χ3n) is 4.28. The van der Waals surface area contributed by atoms with Crippen LogP contribution in [0.25, 0.3) is 0 Å². The van der Waals surface area contributed by atoms with E-state index in [9.17, 15) is 9.59 Å². The van der Waals surface area contributed by atoms with E-state index in [2.05, 4.69) is 10.6 Å². The summed E-state index contributed by atoms with van der Waals surface area (Å²) in [5.41, 5.74) is 7.84. The lowest BCUT2D eigenvalue weighted by Gasteiger charge is -2.19. The molecule has 6 nitrogen and oxygen atoms in total. The maximum atomic E-state index is 12.5. The van der Waals surface area contributed by atoms with E-state index in [4.69, 9.17) is 10.5 Å². The van der Waals surface area contributed by atoms with Gasteiger partial charge in [-0.25, -0.2) is 4.79 Å². The summed E-state index contributed by atoms with van der Waals surface area (Å²) in [4.78, 5) is 24.0. The Hall–Kier alpha value is -3.80. The number of carbonyl (C=O) groups excluding carboxylic acids is 2. The Morgan fingerprint density at radius 1 is 0.931 bits per heavy atom. The minimum Gasteiger partial charge on any atom is -0.457 e. The van der Waals surface area contributed by atoms with E-state index in [1.807, 2.05) is 73.7 Å². The number of ether oxygens (including phenoxy) is 1. The van der Waals surface area contributed by atoms with Crippen molar-refractivity contribution in [2.24, 2.45) is 5.73 Å². The molecule has 4 N–H and O–H groups in total. The van der Waals surface area contributed by atoms with Crippen LogP contribution in [0.4, 0.5) is 10.5 Å². The van der Waals surface area contributed by atoms with Crippen LogP contribution in [-0.2, 0) is 4.79 Å². The Balaban J connectivity index is 1.73. The first-order chi connectivity index (χ1) is 14.0. The van der Waals surface area contributed by atoms with Gasteiger partial charge in [-0.3, -0.25) is 4.79 Å². The number of hydrogen-bond acceptors (Lipinski definition) is 3.